The SMILES string of the molecule is Cl.Cl.Nc1ccc2c(c1)ncn2CCc1ccccc1. The fraction of sp³-hybridized carbons (Fsp3) is 0.133. The van der Waals surface area contributed by atoms with E-state index in [0.717, 1.165) is 29.7 Å². The lowest BCUT2D eigenvalue weighted by molar-refractivity contribution is 0.716. The molecule has 1 heterocycles. The second-order valence-corrected chi connectivity index (χ2v) is 4.42. The maximum absolute atomic E-state index is 5.75. The van der Waals surface area contributed by atoms with Gasteiger partial charge in [0.2, 0.25) is 0 Å². The zero-order chi connectivity index (χ0) is 12.4. The molecule has 2 N–H and O–H groups in total. The van der Waals surface area contributed by atoms with Crippen LogP contribution in [0, 0.1) is 0 Å². The van der Waals surface area contributed by atoms with Crippen LogP contribution in [0.1, 0.15) is 5.56 Å². The maximum Gasteiger partial charge on any atom is 0.0958 e. The van der Waals surface area contributed by atoms with Gasteiger partial charge in [-0.25, -0.2) is 4.98 Å². The number of nitrogens with zero attached hydrogens (tertiary/aromatic N) is 2. The van der Waals surface area contributed by atoms with Crippen LogP contribution >= 0.6 is 24.8 Å². The van der Waals surface area contributed by atoms with Crippen molar-refractivity contribution in [1.29, 1.82) is 0 Å². The molecule has 0 saturated heterocycles. The average Bonchev–Trinajstić information content (AvgIpc) is 2.80. The summed E-state index contributed by atoms with van der Waals surface area (Å²) in [5.74, 6) is 0. The summed E-state index contributed by atoms with van der Waals surface area (Å²) in [4.78, 5) is 4.37. The second-order valence-electron chi connectivity index (χ2n) is 4.42. The highest BCUT2D eigenvalue weighted by atomic mass is 35.5. The summed E-state index contributed by atoms with van der Waals surface area (Å²) in [6.07, 6.45) is 2.89. The first-order valence-corrected chi connectivity index (χ1v) is 6.07. The molecule has 5 heteroatoms. The van der Waals surface area contributed by atoms with Crippen molar-refractivity contribution in [3.8, 4) is 0 Å². The predicted molar refractivity (Wildman–Crippen MR) is 88.8 cm³/mol. The highest BCUT2D eigenvalue weighted by molar-refractivity contribution is 5.85. The van der Waals surface area contributed by atoms with E-state index in [1.54, 1.807) is 0 Å². The Morgan fingerprint density at radius 1 is 1.00 bits per heavy atom. The van der Waals surface area contributed by atoms with Crippen LogP contribution in [0.3, 0.4) is 0 Å². The van der Waals surface area contributed by atoms with Crippen molar-refractivity contribution in [2.75, 3.05) is 5.73 Å². The molecule has 3 rings (SSSR count). The van der Waals surface area contributed by atoms with Crippen LogP contribution in [-0.4, -0.2) is 9.55 Å². The van der Waals surface area contributed by atoms with Gasteiger partial charge < -0.3 is 10.3 Å². The second kappa shape index (κ2) is 7.17. The monoisotopic (exact) mass is 309 g/mol. The summed E-state index contributed by atoms with van der Waals surface area (Å²) in [7, 11) is 0. The lowest BCUT2D eigenvalue weighted by Gasteiger charge is -2.04. The number of fused-ring (bicyclic) bond motifs is 1. The molecule has 0 bridgehead atoms. The third-order valence-corrected chi connectivity index (χ3v) is 3.13. The van der Waals surface area contributed by atoms with E-state index >= 15 is 0 Å². The van der Waals surface area contributed by atoms with E-state index in [1.165, 1.54) is 5.56 Å². The molecule has 0 atom stereocenters. The van der Waals surface area contributed by atoms with Crippen LogP contribution in [0.25, 0.3) is 11.0 Å². The molecule has 2 aromatic carbocycles. The van der Waals surface area contributed by atoms with Gasteiger partial charge in [0, 0.05) is 12.2 Å². The van der Waals surface area contributed by atoms with Gasteiger partial charge in [0.25, 0.3) is 0 Å². The lowest BCUT2D eigenvalue weighted by atomic mass is 10.1. The van der Waals surface area contributed by atoms with Gasteiger partial charge in [-0.15, -0.1) is 24.8 Å². The molecule has 0 fully saturated rings. The minimum Gasteiger partial charge on any atom is -0.399 e. The van der Waals surface area contributed by atoms with Crippen LogP contribution in [0.15, 0.2) is 54.9 Å². The molecule has 0 radical (unpaired) electrons. The summed E-state index contributed by atoms with van der Waals surface area (Å²) >= 11 is 0. The van der Waals surface area contributed by atoms with Crippen LogP contribution in [0.5, 0.6) is 0 Å². The molecule has 1 aromatic heterocycles. The molecule has 0 saturated carbocycles. The van der Waals surface area contributed by atoms with Crippen molar-refractivity contribution < 1.29 is 0 Å². The first kappa shape index (κ1) is 16.3. The smallest absolute Gasteiger partial charge is 0.0958 e. The Balaban J connectivity index is 0.000001000. The third-order valence-electron chi connectivity index (χ3n) is 3.13. The zero-order valence-corrected chi connectivity index (χ0v) is 12.5. The number of nitrogen functional groups attached to an aromatic ring is 1. The highest BCUT2D eigenvalue weighted by Crippen LogP contribution is 2.16. The van der Waals surface area contributed by atoms with Gasteiger partial charge in [-0.2, -0.15) is 0 Å². The molecule has 0 unspecified atom stereocenters. The molecule has 0 spiro atoms. The third kappa shape index (κ3) is 3.44. The Morgan fingerprint density at radius 3 is 2.50 bits per heavy atom. The predicted octanol–water partition coefficient (Wildman–Crippen LogP) is 3.70. The fourth-order valence-corrected chi connectivity index (χ4v) is 2.15. The van der Waals surface area contributed by atoms with Gasteiger partial charge in [-0.3, -0.25) is 0 Å². The van der Waals surface area contributed by atoms with Gasteiger partial charge in [-0.1, -0.05) is 30.3 Å². The standard InChI is InChI=1S/C15H15N3.2ClH/c16-13-6-7-15-14(10-13)17-11-18(15)9-8-12-4-2-1-3-5-12;;/h1-7,10-11H,8-9,16H2;2*1H. The molecular formula is C15H17Cl2N3. The van der Waals surface area contributed by atoms with Crippen molar-refractivity contribution >= 4 is 41.5 Å². The average molecular weight is 310 g/mol. The first-order chi connectivity index (χ1) is 8.83. The van der Waals surface area contributed by atoms with Crippen LogP contribution < -0.4 is 5.73 Å². The van der Waals surface area contributed by atoms with Gasteiger partial charge in [0.05, 0.1) is 17.4 Å². The summed E-state index contributed by atoms with van der Waals surface area (Å²) in [5.41, 5.74) is 9.95. The van der Waals surface area contributed by atoms with E-state index < -0.39 is 0 Å². The van der Waals surface area contributed by atoms with Crippen molar-refractivity contribution in [3.63, 3.8) is 0 Å². The van der Waals surface area contributed by atoms with Gasteiger partial charge >= 0.3 is 0 Å². The van der Waals surface area contributed by atoms with Gasteiger partial charge in [0.15, 0.2) is 0 Å². The molecule has 106 valence electrons. The van der Waals surface area contributed by atoms with E-state index in [-0.39, 0.29) is 24.8 Å². The highest BCUT2D eigenvalue weighted by Gasteiger charge is 2.02. The van der Waals surface area contributed by atoms with E-state index in [0.29, 0.717) is 0 Å². The number of hydrogen-bond donors (Lipinski definition) is 1. The topological polar surface area (TPSA) is 43.8 Å². The lowest BCUT2D eigenvalue weighted by Crippen LogP contribution is -1.99. The summed E-state index contributed by atoms with van der Waals surface area (Å²) in [6, 6.07) is 16.3. The largest absolute Gasteiger partial charge is 0.399 e. The van der Waals surface area contributed by atoms with Gasteiger partial charge in [-0.05, 0) is 30.2 Å². The van der Waals surface area contributed by atoms with Crippen molar-refractivity contribution in [2.24, 2.45) is 0 Å². The van der Waals surface area contributed by atoms with Crippen LogP contribution in [0.4, 0.5) is 5.69 Å². The minimum absolute atomic E-state index is 0. The number of benzene rings is 2. The minimum atomic E-state index is 0. The normalized spacial score (nSPS) is 9.80. The van der Waals surface area contributed by atoms with Crippen molar-refractivity contribution in [1.82, 2.24) is 9.55 Å². The number of nitrogens with two attached hydrogens (primary N) is 1. The number of aryl methyl sites for hydroxylation is 2. The molecule has 0 aliphatic carbocycles. The Kier molecular flexibility index (Phi) is 5.86. The summed E-state index contributed by atoms with van der Waals surface area (Å²) in [6.45, 7) is 0.935. The molecule has 3 nitrogen and oxygen atoms in total. The zero-order valence-electron chi connectivity index (χ0n) is 10.9. The number of imidazole rings is 1. The van der Waals surface area contributed by atoms with Crippen molar-refractivity contribution in [3.05, 3.63) is 60.4 Å². The Hall–Kier alpha value is -1.71. The number of aromatic nitrogens is 2. The van der Waals surface area contributed by atoms with Crippen LogP contribution in [0.2, 0.25) is 0 Å². The van der Waals surface area contributed by atoms with Gasteiger partial charge in [0.1, 0.15) is 0 Å². The molecule has 0 aliphatic rings. The number of hydrogen-bond acceptors (Lipinski definition) is 2. The number of anilines is 1. The number of halogens is 2. The molecule has 3 aromatic rings. The molecule has 20 heavy (non-hydrogen) atoms. The van der Waals surface area contributed by atoms with Crippen LogP contribution in [-0.2, 0) is 13.0 Å². The van der Waals surface area contributed by atoms with E-state index in [2.05, 4.69) is 33.8 Å². The quantitative estimate of drug-likeness (QED) is 0.750. The van der Waals surface area contributed by atoms with E-state index in [9.17, 15) is 0 Å². The Bertz CT molecular complexity index is 665. The molecule has 0 amide bonds. The number of rotatable bonds is 3. The molecular weight excluding hydrogens is 293 g/mol. The summed E-state index contributed by atoms with van der Waals surface area (Å²) in [5, 5.41) is 0. The van der Waals surface area contributed by atoms with E-state index in [1.807, 2.05) is 30.6 Å². The Labute approximate surface area is 130 Å². The molecule has 0 aliphatic heterocycles. The fourth-order valence-electron chi connectivity index (χ4n) is 2.15. The first-order valence-electron chi connectivity index (χ1n) is 6.07. The van der Waals surface area contributed by atoms with Crippen molar-refractivity contribution in [2.45, 2.75) is 13.0 Å². The summed E-state index contributed by atoms with van der Waals surface area (Å²) < 4.78 is 2.17. The van der Waals surface area contributed by atoms with E-state index in [4.69, 9.17) is 5.73 Å². The Morgan fingerprint density at radius 2 is 1.75 bits per heavy atom. The maximum atomic E-state index is 5.75.